The van der Waals surface area contributed by atoms with Gasteiger partial charge in [-0.2, -0.15) is 5.26 Å². The SMILES string of the molecule is COCCCNC(=O)/C(C#N)=C/c1c(N2C[C@@H](C)O[C@H](C)C2)nc2c(C)cccn2c1=O. The monoisotopic (exact) mass is 439 g/mol. The molecule has 1 N–H and O–H groups in total. The molecule has 0 aromatic carbocycles. The number of nitrogens with zero attached hydrogens (tertiary/aromatic N) is 4. The van der Waals surface area contributed by atoms with Gasteiger partial charge in [0, 0.05) is 39.5 Å². The summed E-state index contributed by atoms with van der Waals surface area (Å²) in [4.78, 5) is 32.8. The van der Waals surface area contributed by atoms with E-state index in [9.17, 15) is 14.9 Å². The van der Waals surface area contributed by atoms with E-state index in [4.69, 9.17) is 14.5 Å². The van der Waals surface area contributed by atoms with Crippen molar-refractivity contribution in [2.75, 3.05) is 38.3 Å². The van der Waals surface area contributed by atoms with E-state index in [2.05, 4.69) is 5.32 Å². The molecule has 1 amide bonds. The number of nitrogens with one attached hydrogen (secondary N) is 1. The van der Waals surface area contributed by atoms with Crippen LogP contribution in [0.2, 0.25) is 0 Å². The molecule has 0 radical (unpaired) electrons. The Morgan fingerprint density at radius 2 is 2.12 bits per heavy atom. The zero-order chi connectivity index (χ0) is 23.3. The Labute approximate surface area is 187 Å². The van der Waals surface area contributed by atoms with Crippen LogP contribution in [0, 0.1) is 18.3 Å². The number of ether oxygens (including phenoxy) is 2. The number of aryl methyl sites for hydroxylation is 1. The summed E-state index contributed by atoms with van der Waals surface area (Å²) in [7, 11) is 1.58. The summed E-state index contributed by atoms with van der Waals surface area (Å²) in [6.07, 6.45) is 3.50. The minimum atomic E-state index is -0.535. The molecule has 2 aromatic heterocycles. The zero-order valence-corrected chi connectivity index (χ0v) is 18.9. The molecular weight excluding hydrogens is 410 g/mol. The summed E-state index contributed by atoms with van der Waals surface area (Å²) in [6.45, 7) is 7.77. The number of pyridine rings is 1. The maximum Gasteiger partial charge on any atom is 0.267 e. The molecule has 0 spiro atoms. The van der Waals surface area contributed by atoms with E-state index >= 15 is 0 Å². The minimum absolute atomic E-state index is 0.0489. The second-order valence-corrected chi connectivity index (χ2v) is 7.97. The third-order valence-electron chi connectivity index (χ3n) is 5.25. The fourth-order valence-corrected chi connectivity index (χ4v) is 3.83. The number of methoxy groups -OCH3 is 1. The fourth-order valence-electron chi connectivity index (χ4n) is 3.83. The van der Waals surface area contributed by atoms with Crippen LogP contribution < -0.4 is 15.8 Å². The molecule has 1 aliphatic rings. The van der Waals surface area contributed by atoms with E-state index in [0.717, 1.165) is 5.56 Å². The number of amides is 1. The van der Waals surface area contributed by atoms with Crippen LogP contribution in [0.25, 0.3) is 11.7 Å². The van der Waals surface area contributed by atoms with Gasteiger partial charge in [0.05, 0.1) is 17.8 Å². The van der Waals surface area contributed by atoms with E-state index in [-0.39, 0.29) is 28.9 Å². The maximum atomic E-state index is 13.4. The highest BCUT2D eigenvalue weighted by Crippen LogP contribution is 2.24. The Balaban J connectivity index is 2.10. The summed E-state index contributed by atoms with van der Waals surface area (Å²) in [6, 6.07) is 5.58. The van der Waals surface area contributed by atoms with E-state index in [1.807, 2.05) is 37.8 Å². The van der Waals surface area contributed by atoms with E-state index < -0.39 is 5.91 Å². The van der Waals surface area contributed by atoms with Gasteiger partial charge in [-0.15, -0.1) is 0 Å². The molecule has 1 saturated heterocycles. The van der Waals surface area contributed by atoms with Gasteiger partial charge >= 0.3 is 0 Å². The summed E-state index contributed by atoms with van der Waals surface area (Å²) < 4.78 is 12.3. The van der Waals surface area contributed by atoms with Crippen LogP contribution >= 0.6 is 0 Å². The van der Waals surface area contributed by atoms with Crippen LogP contribution in [-0.4, -0.2) is 60.9 Å². The third-order valence-corrected chi connectivity index (χ3v) is 5.25. The number of fused-ring (bicyclic) bond motifs is 1. The number of morpholine rings is 1. The largest absolute Gasteiger partial charge is 0.385 e. The summed E-state index contributed by atoms with van der Waals surface area (Å²) in [5, 5.41) is 12.3. The number of rotatable bonds is 7. The van der Waals surface area contributed by atoms with Crippen LogP contribution in [0.5, 0.6) is 0 Å². The average Bonchev–Trinajstić information content (AvgIpc) is 2.75. The highest BCUT2D eigenvalue weighted by Gasteiger charge is 2.27. The highest BCUT2D eigenvalue weighted by atomic mass is 16.5. The van der Waals surface area contributed by atoms with Crippen molar-refractivity contribution < 1.29 is 14.3 Å². The Morgan fingerprint density at radius 1 is 1.41 bits per heavy atom. The molecule has 2 aromatic rings. The first-order chi connectivity index (χ1) is 15.3. The van der Waals surface area contributed by atoms with Gasteiger partial charge in [0.1, 0.15) is 23.1 Å². The van der Waals surface area contributed by atoms with Crippen LogP contribution in [-0.2, 0) is 14.3 Å². The first-order valence-corrected chi connectivity index (χ1v) is 10.7. The predicted octanol–water partition coefficient (Wildman–Crippen LogP) is 1.68. The molecular formula is C23H29N5O4. The molecule has 0 unspecified atom stereocenters. The fraction of sp³-hybridized carbons (Fsp3) is 0.478. The summed E-state index contributed by atoms with van der Waals surface area (Å²) in [5.41, 5.74) is 1.12. The van der Waals surface area contributed by atoms with Gasteiger partial charge in [-0.25, -0.2) is 4.98 Å². The van der Waals surface area contributed by atoms with E-state index in [1.54, 1.807) is 19.4 Å². The Morgan fingerprint density at radius 3 is 2.78 bits per heavy atom. The predicted molar refractivity (Wildman–Crippen MR) is 122 cm³/mol. The van der Waals surface area contributed by atoms with Gasteiger partial charge in [0.2, 0.25) is 0 Å². The average molecular weight is 440 g/mol. The van der Waals surface area contributed by atoms with Crippen molar-refractivity contribution in [1.29, 1.82) is 5.26 Å². The number of aromatic nitrogens is 2. The van der Waals surface area contributed by atoms with Crippen molar-refractivity contribution >= 4 is 23.4 Å². The number of carbonyl (C=O) groups is 1. The van der Waals surface area contributed by atoms with Gasteiger partial charge in [-0.05, 0) is 44.9 Å². The van der Waals surface area contributed by atoms with Crippen molar-refractivity contribution in [1.82, 2.24) is 14.7 Å². The van der Waals surface area contributed by atoms with Crippen LogP contribution in [0.3, 0.4) is 0 Å². The zero-order valence-electron chi connectivity index (χ0n) is 18.9. The highest BCUT2D eigenvalue weighted by molar-refractivity contribution is 6.02. The lowest BCUT2D eigenvalue weighted by atomic mass is 10.1. The lowest BCUT2D eigenvalue weighted by Gasteiger charge is -2.36. The first-order valence-electron chi connectivity index (χ1n) is 10.7. The molecule has 0 saturated carbocycles. The molecule has 0 aliphatic carbocycles. The molecule has 3 rings (SSSR count). The number of carbonyl (C=O) groups excluding carboxylic acids is 1. The first kappa shape index (κ1) is 23.4. The molecule has 1 aliphatic heterocycles. The van der Waals surface area contributed by atoms with Crippen LogP contribution in [0.4, 0.5) is 5.82 Å². The van der Waals surface area contributed by atoms with Gasteiger partial charge in [0.15, 0.2) is 0 Å². The number of anilines is 1. The number of nitriles is 1. The molecule has 1 fully saturated rings. The van der Waals surface area contributed by atoms with Crippen molar-refractivity contribution in [2.24, 2.45) is 0 Å². The second kappa shape index (κ2) is 10.4. The third kappa shape index (κ3) is 5.15. The molecule has 2 atom stereocenters. The molecule has 32 heavy (non-hydrogen) atoms. The second-order valence-electron chi connectivity index (χ2n) is 7.97. The van der Waals surface area contributed by atoms with Gasteiger partial charge in [-0.3, -0.25) is 14.0 Å². The lowest BCUT2D eigenvalue weighted by molar-refractivity contribution is -0.117. The van der Waals surface area contributed by atoms with Crippen LogP contribution in [0.1, 0.15) is 31.4 Å². The molecule has 170 valence electrons. The molecule has 3 heterocycles. The lowest BCUT2D eigenvalue weighted by Crippen LogP contribution is -2.46. The topological polar surface area (TPSA) is 109 Å². The standard InChI is InChI=1S/C23H29N5O4/c1-15-7-5-9-28-20(15)26-21(27-13-16(2)32-17(3)14-27)19(23(28)30)11-18(12-24)22(29)25-8-6-10-31-4/h5,7,9,11,16-17H,6,8,10,13-14H2,1-4H3,(H,25,29)/b18-11+/t16-,17-/m1/s1. The van der Waals surface area contributed by atoms with Crippen LogP contribution in [0.15, 0.2) is 28.7 Å². The normalized spacial score (nSPS) is 19.1. The van der Waals surface area contributed by atoms with E-state index in [0.29, 0.717) is 44.1 Å². The van der Waals surface area contributed by atoms with Crippen molar-refractivity contribution in [3.63, 3.8) is 0 Å². The van der Waals surface area contributed by atoms with Gasteiger partial charge in [0.25, 0.3) is 11.5 Å². The number of hydrogen-bond acceptors (Lipinski definition) is 7. The maximum absolute atomic E-state index is 13.4. The van der Waals surface area contributed by atoms with Crippen molar-refractivity contribution in [3.8, 4) is 6.07 Å². The van der Waals surface area contributed by atoms with Gasteiger partial charge in [-0.1, -0.05) is 6.07 Å². The molecule has 0 bridgehead atoms. The van der Waals surface area contributed by atoms with Gasteiger partial charge < -0.3 is 19.7 Å². The summed E-state index contributed by atoms with van der Waals surface area (Å²) >= 11 is 0. The Bertz CT molecular complexity index is 1110. The minimum Gasteiger partial charge on any atom is -0.385 e. The number of hydrogen-bond donors (Lipinski definition) is 1. The van der Waals surface area contributed by atoms with E-state index in [1.165, 1.54) is 10.5 Å². The van der Waals surface area contributed by atoms with Crippen molar-refractivity contribution in [2.45, 2.75) is 39.4 Å². The Kier molecular flexibility index (Phi) is 7.62. The quantitative estimate of drug-likeness (QED) is 0.397. The van der Waals surface area contributed by atoms with Crippen molar-refractivity contribution in [3.05, 3.63) is 45.4 Å². The molecule has 9 heteroatoms. The smallest absolute Gasteiger partial charge is 0.267 e. The molecule has 9 nitrogen and oxygen atoms in total. The Hall–Kier alpha value is -3.22. The summed E-state index contributed by atoms with van der Waals surface area (Å²) in [5.74, 6) is -0.0850.